The molecule has 1 aromatic rings. The van der Waals surface area contributed by atoms with Crippen LogP contribution in [0.1, 0.15) is 11.1 Å². The predicted molar refractivity (Wildman–Crippen MR) is 72.6 cm³/mol. The zero-order valence-corrected chi connectivity index (χ0v) is 11.7. The van der Waals surface area contributed by atoms with E-state index in [1.165, 1.54) is 12.1 Å². The van der Waals surface area contributed by atoms with Gasteiger partial charge in [-0.25, -0.2) is 4.39 Å². The third kappa shape index (κ3) is 5.81. The highest BCUT2D eigenvalue weighted by atomic mass is 19.1. The van der Waals surface area contributed by atoms with E-state index in [9.17, 15) is 9.18 Å². The number of hydrogen-bond acceptors (Lipinski definition) is 3. The van der Waals surface area contributed by atoms with E-state index in [1.807, 2.05) is 30.8 Å². The lowest BCUT2D eigenvalue weighted by Gasteiger charge is -2.23. The zero-order valence-electron chi connectivity index (χ0n) is 11.7. The van der Waals surface area contributed by atoms with Crippen molar-refractivity contribution in [2.24, 2.45) is 0 Å². The summed E-state index contributed by atoms with van der Waals surface area (Å²) in [6, 6.07) is 4.61. The highest BCUT2D eigenvalue weighted by Crippen LogP contribution is 2.13. The minimum Gasteiger partial charge on any atom is -0.480 e. The molecular weight excluding hydrogens is 247 g/mol. The minimum atomic E-state index is -0.868. The normalized spacial score (nSPS) is 11.3. The summed E-state index contributed by atoms with van der Waals surface area (Å²) >= 11 is 0. The van der Waals surface area contributed by atoms with Crippen LogP contribution in [0.2, 0.25) is 0 Å². The van der Waals surface area contributed by atoms with Crippen molar-refractivity contribution in [2.75, 3.05) is 33.7 Å². The number of aryl methyl sites for hydroxylation is 1. The highest BCUT2D eigenvalue weighted by Gasteiger charge is 2.12. The van der Waals surface area contributed by atoms with E-state index in [2.05, 4.69) is 0 Å². The second-order valence-electron chi connectivity index (χ2n) is 4.98. The van der Waals surface area contributed by atoms with Gasteiger partial charge < -0.3 is 10.0 Å². The molecule has 0 fully saturated rings. The van der Waals surface area contributed by atoms with Crippen molar-refractivity contribution in [2.45, 2.75) is 13.5 Å². The molecule has 1 N–H and O–H groups in total. The van der Waals surface area contributed by atoms with Crippen LogP contribution in [0.15, 0.2) is 18.2 Å². The predicted octanol–water partition coefficient (Wildman–Crippen LogP) is 1.58. The number of rotatable bonds is 7. The van der Waals surface area contributed by atoms with Crippen molar-refractivity contribution in [3.8, 4) is 0 Å². The van der Waals surface area contributed by atoms with Crippen LogP contribution in [0.3, 0.4) is 0 Å². The van der Waals surface area contributed by atoms with Crippen LogP contribution in [0.5, 0.6) is 0 Å². The SMILES string of the molecule is Cc1ccc(F)cc1CN(CCN(C)C)CC(=O)O. The fourth-order valence-electron chi connectivity index (χ4n) is 1.80. The van der Waals surface area contributed by atoms with E-state index in [-0.39, 0.29) is 12.4 Å². The van der Waals surface area contributed by atoms with Gasteiger partial charge in [0, 0.05) is 19.6 Å². The molecule has 0 aromatic heterocycles. The van der Waals surface area contributed by atoms with Gasteiger partial charge in [0.2, 0.25) is 0 Å². The third-order valence-corrected chi connectivity index (χ3v) is 2.93. The molecular formula is C14H21FN2O2. The number of aliphatic carboxylic acids is 1. The first-order chi connectivity index (χ1) is 8.88. The molecule has 0 unspecified atom stereocenters. The molecule has 0 aliphatic carbocycles. The Morgan fingerprint density at radius 1 is 1.32 bits per heavy atom. The Bertz CT molecular complexity index is 435. The number of benzene rings is 1. The summed E-state index contributed by atoms with van der Waals surface area (Å²) in [5.41, 5.74) is 1.81. The number of carboxylic acid groups (broad SMARTS) is 1. The lowest BCUT2D eigenvalue weighted by atomic mass is 10.1. The van der Waals surface area contributed by atoms with Crippen LogP contribution in [-0.4, -0.2) is 54.6 Å². The van der Waals surface area contributed by atoms with Crippen LogP contribution in [-0.2, 0) is 11.3 Å². The topological polar surface area (TPSA) is 43.8 Å². The largest absolute Gasteiger partial charge is 0.480 e. The zero-order chi connectivity index (χ0) is 14.4. The lowest BCUT2D eigenvalue weighted by Crippen LogP contribution is -2.35. The molecule has 0 saturated carbocycles. The van der Waals surface area contributed by atoms with Gasteiger partial charge in [0.15, 0.2) is 0 Å². The molecule has 106 valence electrons. The Balaban J connectivity index is 2.74. The van der Waals surface area contributed by atoms with Crippen LogP contribution in [0.25, 0.3) is 0 Å². The second-order valence-corrected chi connectivity index (χ2v) is 4.98. The Morgan fingerprint density at radius 2 is 2.00 bits per heavy atom. The van der Waals surface area contributed by atoms with Gasteiger partial charge in [-0.3, -0.25) is 9.69 Å². The highest BCUT2D eigenvalue weighted by molar-refractivity contribution is 5.69. The summed E-state index contributed by atoms with van der Waals surface area (Å²) in [6.07, 6.45) is 0. The van der Waals surface area contributed by atoms with E-state index in [0.29, 0.717) is 13.1 Å². The van der Waals surface area contributed by atoms with E-state index in [0.717, 1.165) is 17.7 Å². The molecule has 19 heavy (non-hydrogen) atoms. The van der Waals surface area contributed by atoms with Gasteiger partial charge in [-0.2, -0.15) is 0 Å². The molecule has 0 bridgehead atoms. The van der Waals surface area contributed by atoms with Crippen molar-refractivity contribution in [1.82, 2.24) is 9.80 Å². The average molecular weight is 268 g/mol. The number of halogens is 1. The van der Waals surface area contributed by atoms with Crippen LogP contribution in [0.4, 0.5) is 4.39 Å². The number of nitrogens with zero attached hydrogens (tertiary/aromatic N) is 2. The lowest BCUT2D eigenvalue weighted by molar-refractivity contribution is -0.138. The molecule has 0 aliphatic rings. The maximum atomic E-state index is 13.2. The van der Waals surface area contributed by atoms with E-state index < -0.39 is 5.97 Å². The van der Waals surface area contributed by atoms with E-state index in [4.69, 9.17) is 5.11 Å². The summed E-state index contributed by atoms with van der Waals surface area (Å²) in [7, 11) is 3.87. The summed E-state index contributed by atoms with van der Waals surface area (Å²) in [6.45, 7) is 3.71. The molecule has 0 atom stereocenters. The van der Waals surface area contributed by atoms with Crippen LogP contribution < -0.4 is 0 Å². The van der Waals surface area contributed by atoms with Gasteiger partial charge in [-0.15, -0.1) is 0 Å². The van der Waals surface area contributed by atoms with Crippen molar-refractivity contribution in [3.63, 3.8) is 0 Å². The summed E-state index contributed by atoms with van der Waals surface area (Å²) in [5.74, 6) is -1.16. The molecule has 5 heteroatoms. The van der Waals surface area contributed by atoms with Gasteiger partial charge in [0.25, 0.3) is 0 Å². The Kier molecular flexibility index (Phi) is 5.92. The molecule has 0 radical (unpaired) electrons. The molecule has 0 spiro atoms. The molecule has 0 heterocycles. The molecule has 0 saturated heterocycles. The standard InChI is InChI=1S/C14H21FN2O2/c1-11-4-5-13(15)8-12(11)9-17(10-14(18)19)7-6-16(2)3/h4-5,8H,6-7,9-10H2,1-3H3,(H,18,19). The van der Waals surface area contributed by atoms with Gasteiger partial charge in [0.1, 0.15) is 5.82 Å². The van der Waals surface area contributed by atoms with Crippen molar-refractivity contribution in [1.29, 1.82) is 0 Å². The third-order valence-electron chi connectivity index (χ3n) is 2.93. The first kappa shape index (κ1) is 15.6. The van der Waals surface area contributed by atoms with Gasteiger partial charge in [0.05, 0.1) is 6.54 Å². The maximum absolute atomic E-state index is 13.2. The summed E-state index contributed by atoms with van der Waals surface area (Å²) < 4.78 is 13.2. The molecule has 0 aliphatic heterocycles. The van der Waals surface area contributed by atoms with Gasteiger partial charge in [-0.1, -0.05) is 6.07 Å². The summed E-state index contributed by atoms with van der Waals surface area (Å²) in [4.78, 5) is 14.7. The van der Waals surface area contributed by atoms with Crippen LogP contribution in [0, 0.1) is 12.7 Å². The van der Waals surface area contributed by atoms with Crippen molar-refractivity contribution in [3.05, 3.63) is 35.1 Å². The Labute approximate surface area is 113 Å². The monoisotopic (exact) mass is 268 g/mol. The van der Waals surface area contributed by atoms with Gasteiger partial charge >= 0.3 is 5.97 Å². The van der Waals surface area contributed by atoms with Crippen molar-refractivity contribution < 1.29 is 14.3 Å². The van der Waals surface area contributed by atoms with E-state index >= 15 is 0 Å². The molecule has 4 nitrogen and oxygen atoms in total. The quantitative estimate of drug-likeness (QED) is 0.815. The van der Waals surface area contributed by atoms with Gasteiger partial charge in [-0.05, 0) is 44.3 Å². The first-order valence-electron chi connectivity index (χ1n) is 6.22. The molecule has 1 rings (SSSR count). The van der Waals surface area contributed by atoms with Crippen LogP contribution >= 0.6 is 0 Å². The maximum Gasteiger partial charge on any atom is 0.317 e. The van der Waals surface area contributed by atoms with E-state index in [1.54, 1.807) is 6.07 Å². The Morgan fingerprint density at radius 3 is 2.58 bits per heavy atom. The fraction of sp³-hybridized carbons (Fsp3) is 0.500. The molecule has 1 aromatic carbocycles. The minimum absolute atomic E-state index is 0.0379. The summed E-state index contributed by atoms with van der Waals surface area (Å²) in [5, 5.41) is 8.92. The Hall–Kier alpha value is -1.46. The fourth-order valence-corrected chi connectivity index (χ4v) is 1.80. The molecule has 0 amide bonds. The first-order valence-corrected chi connectivity index (χ1v) is 6.22. The number of hydrogen-bond donors (Lipinski definition) is 1. The average Bonchev–Trinajstić information content (AvgIpc) is 2.30. The smallest absolute Gasteiger partial charge is 0.317 e. The number of carboxylic acids is 1. The number of carbonyl (C=O) groups is 1. The second kappa shape index (κ2) is 7.21. The van der Waals surface area contributed by atoms with Crippen molar-refractivity contribution >= 4 is 5.97 Å². The number of likely N-dealkylation sites (N-methyl/N-ethyl adjacent to an activating group) is 1.